The Labute approximate surface area is 105 Å². The molecule has 0 fully saturated rings. The molecule has 1 nitrogen and oxygen atoms in total. The van der Waals surface area contributed by atoms with Gasteiger partial charge in [0.1, 0.15) is 0 Å². The summed E-state index contributed by atoms with van der Waals surface area (Å²) in [5.74, 6) is 0. The quantitative estimate of drug-likeness (QED) is 0.804. The highest BCUT2D eigenvalue weighted by molar-refractivity contribution is 7.18. The Kier molecular flexibility index (Phi) is 3.33. The van der Waals surface area contributed by atoms with Crippen LogP contribution < -0.4 is 5.73 Å². The second kappa shape index (κ2) is 4.60. The van der Waals surface area contributed by atoms with Crippen LogP contribution in [0.5, 0.6) is 0 Å². The van der Waals surface area contributed by atoms with Gasteiger partial charge in [0.25, 0.3) is 0 Å². The van der Waals surface area contributed by atoms with Crippen molar-refractivity contribution in [1.82, 2.24) is 0 Å². The molecule has 2 atom stereocenters. The molecule has 0 aliphatic rings. The monoisotopic (exact) mass is 242 g/mol. The Morgan fingerprint density at radius 3 is 2.06 bits per heavy atom. The molecule has 0 amide bonds. The van der Waals surface area contributed by atoms with E-state index in [1.807, 2.05) is 24.3 Å². The standard InChI is InChI=1S/C15H17NP/c1-11-8-12(2)10-14(9-11)15(16,17)13-6-4-3-5-7-13/h4-10H,16-17H2,1-2H3. The lowest BCUT2D eigenvalue weighted by Gasteiger charge is -2.26. The molecule has 0 aliphatic heterocycles. The lowest BCUT2D eigenvalue weighted by Crippen LogP contribution is -2.30. The molecule has 0 saturated heterocycles. The van der Waals surface area contributed by atoms with E-state index in [0.29, 0.717) is 0 Å². The van der Waals surface area contributed by atoms with Crippen LogP contribution in [0.1, 0.15) is 22.3 Å². The normalized spacial score (nSPS) is 14.4. The van der Waals surface area contributed by atoms with Crippen molar-refractivity contribution in [1.29, 1.82) is 0 Å². The van der Waals surface area contributed by atoms with Gasteiger partial charge in [-0.3, -0.25) is 0 Å². The molecule has 0 saturated carbocycles. The second-order valence-electron chi connectivity index (χ2n) is 4.53. The van der Waals surface area contributed by atoms with Gasteiger partial charge in [0.15, 0.2) is 0 Å². The van der Waals surface area contributed by atoms with Crippen molar-refractivity contribution >= 4 is 9.24 Å². The molecule has 2 N–H and O–H groups in total. The first-order chi connectivity index (χ1) is 8.00. The third-order valence-corrected chi connectivity index (χ3v) is 3.56. The summed E-state index contributed by atoms with van der Waals surface area (Å²) < 4.78 is 0. The zero-order valence-corrected chi connectivity index (χ0v) is 11.4. The lowest BCUT2D eigenvalue weighted by molar-refractivity contribution is 0.789. The van der Waals surface area contributed by atoms with Gasteiger partial charge in [-0.25, -0.2) is 0 Å². The maximum absolute atomic E-state index is 6.45. The van der Waals surface area contributed by atoms with Crippen molar-refractivity contribution in [2.75, 3.05) is 0 Å². The van der Waals surface area contributed by atoms with Crippen molar-refractivity contribution in [3.8, 4) is 0 Å². The van der Waals surface area contributed by atoms with Crippen molar-refractivity contribution in [2.45, 2.75) is 19.1 Å². The van der Waals surface area contributed by atoms with E-state index in [0.717, 1.165) is 11.1 Å². The van der Waals surface area contributed by atoms with Gasteiger partial charge in [0, 0.05) is 0 Å². The Morgan fingerprint density at radius 1 is 1.00 bits per heavy atom. The van der Waals surface area contributed by atoms with Crippen LogP contribution in [0.2, 0.25) is 0 Å². The number of hydrogen-bond donors (Lipinski definition) is 1. The Bertz CT molecular complexity index is 497. The van der Waals surface area contributed by atoms with Crippen LogP contribution in [0.4, 0.5) is 0 Å². The smallest absolute Gasteiger partial charge is 0.0805 e. The first kappa shape index (κ1) is 12.3. The van der Waals surface area contributed by atoms with E-state index in [1.54, 1.807) is 0 Å². The van der Waals surface area contributed by atoms with Gasteiger partial charge in [-0.15, -0.1) is 9.24 Å². The molecule has 2 aromatic carbocycles. The van der Waals surface area contributed by atoms with Crippen LogP contribution >= 0.6 is 9.24 Å². The fourth-order valence-corrected chi connectivity index (χ4v) is 2.40. The lowest BCUT2D eigenvalue weighted by atomic mass is 9.95. The minimum absolute atomic E-state index is 0.536. The van der Waals surface area contributed by atoms with Gasteiger partial charge >= 0.3 is 0 Å². The summed E-state index contributed by atoms with van der Waals surface area (Å²) in [5.41, 5.74) is 11.1. The second-order valence-corrected chi connectivity index (χ2v) is 5.44. The summed E-state index contributed by atoms with van der Waals surface area (Å²) in [5, 5.41) is -0.536. The molecular weight excluding hydrogens is 225 g/mol. The Morgan fingerprint density at radius 2 is 1.53 bits per heavy atom. The van der Waals surface area contributed by atoms with Crippen LogP contribution in [0.15, 0.2) is 42.5 Å². The van der Waals surface area contributed by atoms with Crippen LogP contribution in [0.25, 0.3) is 0 Å². The summed E-state index contributed by atoms with van der Waals surface area (Å²) in [6.07, 6.45) is 0. The zero-order valence-electron chi connectivity index (χ0n) is 10.2. The van der Waals surface area contributed by atoms with E-state index in [9.17, 15) is 0 Å². The Hall–Kier alpha value is -1.17. The van der Waals surface area contributed by atoms with E-state index < -0.39 is 5.28 Å². The average molecular weight is 242 g/mol. The number of nitrogens with two attached hydrogens (primary N) is 1. The highest BCUT2D eigenvalue weighted by atomic mass is 31.0. The van der Waals surface area contributed by atoms with Crippen molar-refractivity contribution in [2.24, 2.45) is 5.73 Å². The van der Waals surface area contributed by atoms with Crippen LogP contribution in [0.3, 0.4) is 0 Å². The minimum atomic E-state index is -0.536. The summed E-state index contributed by atoms with van der Waals surface area (Å²) in [4.78, 5) is 0. The van der Waals surface area contributed by atoms with E-state index in [4.69, 9.17) is 5.73 Å². The topological polar surface area (TPSA) is 26.0 Å². The van der Waals surface area contributed by atoms with Crippen molar-refractivity contribution in [3.05, 3.63) is 70.8 Å². The predicted molar refractivity (Wildman–Crippen MR) is 75.9 cm³/mol. The van der Waals surface area contributed by atoms with Crippen LogP contribution in [0, 0.1) is 19.9 Å². The summed E-state index contributed by atoms with van der Waals surface area (Å²) in [6, 6.07) is 17.2. The molecule has 0 bridgehead atoms. The van der Waals surface area contributed by atoms with Crippen molar-refractivity contribution in [3.63, 3.8) is 0 Å². The molecule has 2 heteroatoms. The molecular formula is C15H17NP. The summed E-state index contributed by atoms with van der Waals surface area (Å²) in [6.45, 7) is 4.19. The first-order valence-corrected chi connectivity index (χ1v) is 6.21. The maximum Gasteiger partial charge on any atom is 0.0805 e. The van der Waals surface area contributed by atoms with E-state index in [-0.39, 0.29) is 0 Å². The highest BCUT2D eigenvalue weighted by Crippen LogP contribution is 2.34. The highest BCUT2D eigenvalue weighted by Gasteiger charge is 2.23. The Balaban J connectivity index is 2.51. The van der Waals surface area contributed by atoms with Gasteiger partial charge in [-0.1, -0.05) is 53.6 Å². The third kappa shape index (κ3) is 2.57. The largest absolute Gasteiger partial charge is 0.315 e. The molecule has 0 spiro atoms. The fourth-order valence-electron chi connectivity index (χ4n) is 2.04. The molecule has 1 radical (unpaired) electrons. The zero-order chi connectivity index (χ0) is 12.5. The van der Waals surface area contributed by atoms with E-state index >= 15 is 0 Å². The first-order valence-electron chi connectivity index (χ1n) is 5.63. The van der Waals surface area contributed by atoms with Gasteiger partial charge in [0.2, 0.25) is 0 Å². The minimum Gasteiger partial charge on any atom is -0.315 e. The number of benzene rings is 2. The fraction of sp³-hybridized carbons (Fsp3) is 0.200. The number of hydrogen-bond acceptors (Lipinski definition) is 1. The number of aryl methyl sites for hydroxylation is 2. The predicted octanol–water partition coefficient (Wildman–Crippen LogP) is 3.14. The molecule has 0 aliphatic carbocycles. The molecule has 2 unspecified atom stereocenters. The molecule has 0 aromatic heterocycles. The van der Waals surface area contributed by atoms with Gasteiger partial charge in [-0.05, 0) is 31.0 Å². The van der Waals surface area contributed by atoms with Crippen LogP contribution in [-0.2, 0) is 5.28 Å². The maximum atomic E-state index is 6.45. The summed E-state index contributed by atoms with van der Waals surface area (Å²) in [7, 11) is 2.75. The molecule has 2 rings (SSSR count). The van der Waals surface area contributed by atoms with E-state index in [1.165, 1.54) is 11.1 Å². The van der Waals surface area contributed by atoms with Gasteiger partial charge in [0.05, 0.1) is 5.28 Å². The van der Waals surface area contributed by atoms with Crippen LogP contribution in [-0.4, -0.2) is 0 Å². The molecule has 0 heterocycles. The summed E-state index contributed by atoms with van der Waals surface area (Å²) >= 11 is 0. The molecule has 87 valence electrons. The number of rotatable bonds is 2. The van der Waals surface area contributed by atoms with Gasteiger partial charge in [-0.2, -0.15) is 0 Å². The molecule has 17 heavy (non-hydrogen) atoms. The van der Waals surface area contributed by atoms with Crippen molar-refractivity contribution < 1.29 is 0 Å². The van der Waals surface area contributed by atoms with E-state index in [2.05, 4.69) is 47.4 Å². The molecule has 2 aromatic rings. The SMILES string of the molecule is Cc1cc(C)cc(C(N)(P)c2cc[c]cc2)c1. The van der Waals surface area contributed by atoms with Gasteiger partial charge < -0.3 is 5.73 Å². The third-order valence-electron chi connectivity index (χ3n) is 2.90. The average Bonchev–Trinajstić information content (AvgIpc) is 2.29.